The van der Waals surface area contributed by atoms with Crippen LogP contribution in [0.4, 0.5) is 0 Å². The van der Waals surface area contributed by atoms with Crippen LogP contribution in [0.1, 0.15) is 23.6 Å². The second kappa shape index (κ2) is 9.83. The number of esters is 1. The Morgan fingerprint density at radius 2 is 1.85 bits per heavy atom. The number of ether oxygens (including phenoxy) is 3. The van der Waals surface area contributed by atoms with Crippen molar-refractivity contribution in [3.63, 3.8) is 0 Å². The Morgan fingerprint density at radius 3 is 2.52 bits per heavy atom. The molecule has 1 amide bonds. The summed E-state index contributed by atoms with van der Waals surface area (Å²) >= 11 is 6.21. The average Bonchev–Trinajstić information content (AvgIpc) is 2.66. The molecule has 0 saturated carbocycles. The molecule has 1 atom stereocenters. The van der Waals surface area contributed by atoms with Crippen molar-refractivity contribution >= 4 is 23.5 Å². The Bertz CT molecular complexity index is 809. The summed E-state index contributed by atoms with van der Waals surface area (Å²) in [4.78, 5) is 24.1. The zero-order chi connectivity index (χ0) is 19.8. The number of amides is 1. The zero-order valence-corrected chi connectivity index (χ0v) is 16.2. The number of hydrogen-bond acceptors (Lipinski definition) is 5. The lowest BCUT2D eigenvalue weighted by Crippen LogP contribution is -2.34. The van der Waals surface area contributed by atoms with Crippen LogP contribution >= 0.6 is 11.6 Å². The van der Waals surface area contributed by atoms with Crippen molar-refractivity contribution in [3.8, 4) is 11.5 Å². The third kappa shape index (κ3) is 5.89. The molecular weight excluding hydrogens is 370 g/mol. The first-order valence-corrected chi connectivity index (χ1v) is 8.70. The number of methoxy groups -OCH3 is 2. The summed E-state index contributed by atoms with van der Waals surface area (Å²) in [5.74, 6) is 0.147. The summed E-state index contributed by atoms with van der Waals surface area (Å²) < 4.78 is 15.5. The van der Waals surface area contributed by atoms with Gasteiger partial charge in [0.2, 0.25) is 0 Å². The SMILES string of the molecule is COC(=O)CC(NC(=O)COc1ccc(C)cc1OC)c1ccccc1Cl. The first kappa shape index (κ1) is 20.6. The summed E-state index contributed by atoms with van der Waals surface area (Å²) in [6.07, 6.45) is -0.0418. The Labute approximate surface area is 163 Å². The number of benzene rings is 2. The molecule has 0 aliphatic rings. The van der Waals surface area contributed by atoms with E-state index in [9.17, 15) is 9.59 Å². The summed E-state index contributed by atoms with van der Waals surface area (Å²) in [6, 6.07) is 11.8. The van der Waals surface area contributed by atoms with Gasteiger partial charge >= 0.3 is 5.97 Å². The lowest BCUT2D eigenvalue weighted by Gasteiger charge is -2.19. The monoisotopic (exact) mass is 391 g/mol. The fourth-order valence-corrected chi connectivity index (χ4v) is 2.79. The van der Waals surface area contributed by atoms with Crippen molar-refractivity contribution in [2.75, 3.05) is 20.8 Å². The highest BCUT2D eigenvalue weighted by Gasteiger charge is 2.21. The smallest absolute Gasteiger partial charge is 0.307 e. The highest BCUT2D eigenvalue weighted by atomic mass is 35.5. The predicted molar refractivity (Wildman–Crippen MR) is 102 cm³/mol. The van der Waals surface area contributed by atoms with Gasteiger partial charge in [0.1, 0.15) is 0 Å². The second-order valence-corrected chi connectivity index (χ2v) is 6.27. The molecule has 0 fully saturated rings. The van der Waals surface area contributed by atoms with Crippen LogP contribution < -0.4 is 14.8 Å². The normalized spacial score (nSPS) is 11.4. The van der Waals surface area contributed by atoms with Gasteiger partial charge in [-0.25, -0.2) is 0 Å². The van der Waals surface area contributed by atoms with Gasteiger partial charge in [0.25, 0.3) is 5.91 Å². The number of nitrogens with one attached hydrogen (secondary N) is 1. The van der Waals surface area contributed by atoms with Crippen molar-refractivity contribution in [2.24, 2.45) is 0 Å². The van der Waals surface area contributed by atoms with Gasteiger partial charge in [-0.2, -0.15) is 0 Å². The van der Waals surface area contributed by atoms with Crippen molar-refractivity contribution in [1.29, 1.82) is 0 Å². The molecule has 7 heteroatoms. The van der Waals surface area contributed by atoms with Crippen LogP contribution in [0.25, 0.3) is 0 Å². The molecule has 0 spiro atoms. The van der Waals surface area contributed by atoms with Gasteiger partial charge < -0.3 is 19.5 Å². The molecule has 144 valence electrons. The lowest BCUT2D eigenvalue weighted by molar-refractivity contribution is -0.141. The summed E-state index contributed by atoms with van der Waals surface area (Å²) in [6.45, 7) is 1.70. The predicted octanol–water partition coefficient (Wildman–Crippen LogP) is 3.46. The van der Waals surface area contributed by atoms with E-state index in [4.69, 9.17) is 25.8 Å². The van der Waals surface area contributed by atoms with Gasteiger partial charge in [-0.15, -0.1) is 0 Å². The summed E-state index contributed by atoms with van der Waals surface area (Å²) in [7, 11) is 2.83. The molecule has 0 aliphatic carbocycles. The summed E-state index contributed by atoms with van der Waals surface area (Å²) in [5, 5.41) is 3.22. The molecule has 0 radical (unpaired) electrons. The van der Waals surface area contributed by atoms with E-state index >= 15 is 0 Å². The minimum Gasteiger partial charge on any atom is -0.493 e. The van der Waals surface area contributed by atoms with Gasteiger partial charge in [-0.05, 0) is 36.2 Å². The first-order valence-electron chi connectivity index (χ1n) is 8.32. The highest BCUT2D eigenvalue weighted by molar-refractivity contribution is 6.31. The average molecular weight is 392 g/mol. The van der Waals surface area contributed by atoms with Gasteiger partial charge in [0.15, 0.2) is 18.1 Å². The molecule has 2 aromatic carbocycles. The van der Waals surface area contributed by atoms with Crippen LogP contribution in [0, 0.1) is 6.92 Å². The molecule has 1 unspecified atom stereocenters. The van der Waals surface area contributed by atoms with E-state index in [-0.39, 0.29) is 13.0 Å². The minimum absolute atomic E-state index is 0.0418. The molecule has 2 rings (SSSR count). The van der Waals surface area contributed by atoms with E-state index < -0.39 is 17.9 Å². The van der Waals surface area contributed by atoms with Crippen molar-refractivity contribution in [2.45, 2.75) is 19.4 Å². The highest BCUT2D eigenvalue weighted by Crippen LogP contribution is 2.28. The Hall–Kier alpha value is -2.73. The Balaban J connectivity index is 2.07. The number of hydrogen-bond donors (Lipinski definition) is 1. The quantitative estimate of drug-likeness (QED) is 0.697. The fraction of sp³-hybridized carbons (Fsp3) is 0.300. The fourth-order valence-electron chi connectivity index (χ4n) is 2.52. The number of carbonyl (C=O) groups is 2. The van der Waals surface area contributed by atoms with E-state index in [2.05, 4.69) is 5.32 Å². The van der Waals surface area contributed by atoms with Gasteiger partial charge in [-0.1, -0.05) is 35.9 Å². The van der Waals surface area contributed by atoms with Gasteiger partial charge in [0, 0.05) is 5.02 Å². The van der Waals surface area contributed by atoms with E-state index in [1.807, 2.05) is 19.1 Å². The van der Waals surface area contributed by atoms with E-state index in [1.54, 1.807) is 30.3 Å². The Morgan fingerprint density at radius 1 is 1.11 bits per heavy atom. The molecule has 0 bridgehead atoms. The minimum atomic E-state index is -0.623. The molecule has 0 aromatic heterocycles. The van der Waals surface area contributed by atoms with E-state index in [0.717, 1.165) is 5.56 Å². The van der Waals surface area contributed by atoms with Crippen LogP contribution in [-0.2, 0) is 14.3 Å². The molecule has 0 aliphatic heterocycles. The van der Waals surface area contributed by atoms with Crippen molar-refractivity contribution in [3.05, 3.63) is 58.6 Å². The standard InChI is InChI=1S/C20H22ClNO5/c1-13-8-9-17(18(10-13)25-2)27-12-19(23)22-16(11-20(24)26-3)14-6-4-5-7-15(14)21/h4-10,16H,11-12H2,1-3H3,(H,22,23). The molecule has 1 N–H and O–H groups in total. The van der Waals surface area contributed by atoms with Crippen LogP contribution in [0.5, 0.6) is 11.5 Å². The maximum atomic E-state index is 12.4. The van der Waals surface area contributed by atoms with Crippen LogP contribution in [-0.4, -0.2) is 32.7 Å². The van der Waals surface area contributed by atoms with Crippen LogP contribution in [0.15, 0.2) is 42.5 Å². The van der Waals surface area contributed by atoms with Gasteiger partial charge in [-0.3, -0.25) is 9.59 Å². The van der Waals surface area contributed by atoms with Gasteiger partial charge in [0.05, 0.1) is 26.7 Å². The third-order valence-corrected chi connectivity index (χ3v) is 4.24. The van der Waals surface area contributed by atoms with Crippen molar-refractivity contribution in [1.82, 2.24) is 5.32 Å². The number of aryl methyl sites for hydroxylation is 1. The second-order valence-electron chi connectivity index (χ2n) is 5.86. The maximum Gasteiger partial charge on any atom is 0.307 e. The largest absolute Gasteiger partial charge is 0.493 e. The van der Waals surface area contributed by atoms with E-state index in [0.29, 0.717) is 22.1 Å². The number of rotatable bonds is 8. The number of carbonyl (C=O) groups excluding carboxylic acids is 2. The third-order valence-electron chi connectivity index (χ3n) is 3.89. The van der Waals surface area contributed by atoms with Crippen molar-refractivity contribution < 1.29 is 23.8 Å². The first-order chi connectivity index (χ1) is 12.9. The lowest BCUT2D eigenvalue weighted by atomic mass is 10.0. The molecular formula is C20H22ClNO5. The Kier molecular flexibility index (Phi) is 7.49. The summed E-state index contributed by atoms with van der Waals surface area (Å²) in [5.41, 5.74) is 1.64. The molecule has 27 heavy (non-hydrogen) atoms. The zero-order valence-electron chi connectivity index (χ0n) is 15.5. The number of halogens is 1. The molecule has 0 heterocycles. The molecule has 0 saturated heterocycles. The molecule has 2 aromatic rings. The topological polar surface area (TPSA) is 73.9 Å². The maximum absolute atomic E-state index is 12.4. The van der Waals surface area contributed by atoms with E-state index in [1.165, 1.54) is 14.2 Å². The molecule has 6 nitrogen and oxygen atoms in total. The van der Waals surface area contributed by atoms with Crippen LogP contribution in [0.2, 0.25) is 5.02 Å². The van der Waals surface area contributed by atoms with Crippen LogP contribution in [0.3, 0.4) is 0 Å².